The first-order valence-corrected chi connectivity index (χ1v) is 19.5. The van der Waals surface area contributed by atoms with E-state index in [2.05, 4.69) is 37.9 Å². The molecule has 5 fully saturated rings. The normalized spacial score (nSPS) is 49.0. The van der Waals surface area contributed by atoms with Crippen molar-refractivity contribution >= 4 is 25.6 Å². The van der Waals surface area contributed by atoms with Gasteiger partial charge in [0.1, 0.15) is 0 Å². The summed E-state index contributed by atoms with van der Waals surface area (Å²) in [6.45, 7) is 11.7. The average Bonchev–Trinajstić information content (AvgIpc) is 3.20. The van der Waals surface area contributed by atoms with Crippen LogP contribution in [0.5, 0.6) is 0 Å². The Morgan fingerprint density at radius 2 is 1.77 bits per heavy atom. The molecule has 11 atom stereocenters. The smallest absolute Gasteiger partial charge is 0.211 e. The van der Waals surface area contributed by atoms with E-state index >= 15 is 0 Å². The van der Waals surface area contributed by atoms with E-state index in [1.54, 1.807) is 15.5 Å². The molecule has 0 radical (unpaired) electrons. The minimum Gasteiger partial charge on any atom is -0.369 e. The largest absolute Gasteiger partial charge is 0.369 e. The second-order valence-corrected chi connectivity index (χ2v) is 19.4. The molecule has 222 valence electrons. The third kappa shape index (κ3) is 4.61. The van der Waals surface area contributed by atoms with Gasteiger partial charge in [-0.1, -0.05) is 31.9 Å². The number of hydrogen-bond acceptors (Lipinski definition) is 4. The topological polar surface area (TPSA) is 66.9 Å². The Kier molecular flexibility index (Phi) is 7.03. The first-order valence-electron chi connectivity index (χ1n) is 15.5. The maximum atomic E-state index is 13.3. The fourth-order valence-corrected chi connectivity index (χ4v) is 12.9. The minimum atomic E-state index is -3.13. The lowest BCUT2D eigenvalue weighted by Gasteiger charge is -2.49. The Hall–Kier alpha value is -0.410. The molecule has 39 heavy (non-hydrogen) atoms. The highest BCUT2D eigenvalue weighted by molar-refractivity contribution is 7.97. The Labute approximate surface area is 238 Å². The Morgan fingerprint density at radius 1 is 1.03 bits per heavy atom. The summed E-state index contributed by atoms with van der Waals surface area (Å²) in [5, 5.41) is 0. The van der Waals surface area contributed by atoms with E-state index in [1.807, 2.05) is 6.26 Å². The summed E-state index contributed by atoms with van der Waals surface area (Å²) in [7, 11) is -5.42. The Morgan fingerprint density at radius 3 is 2.46 bits per heavy atom. The van der Waals surface area contributed by atoms with E-state index in [-0.39, 0.29) is 23.2 Å². The van der Waals surface area contributed by atoms with Crippen molar-refractivity contribution in [3.8, 4) is 0 Å². The van der Waals surface area contributed by atoms with Crippen LogP contribution < -0.4 is 0 Å². The SMILES string of the molecule is C=S(C)(=O)N1C[C@@H](C)C[C@H]2O[C@]3(CC[C@@H]4C(=C(C)C3)C[C@H]3[C@H]4CC[C@@H]4CCN(S(C)(=O)=O)CC[C@@]43C)[C@H](C)[C@@H]21. The van der Waals surface area contributed by atoms with Crippen molar-refractivity contribution < 1.29 is 17.4 Å². The third-order valence-corrected chi connectivity index (χ3v) is 15.4. The molecule has 0 bridgehead atoms. The van der Waals surface area contributed by atoms with Crippen LogP contribution in [0.4, 0.5) is 0 Å². The zero-order chi connectivity index (χ0) is 28.1. The molecule has 3 aliphatic carbocycles. The van der Waals surface area contributed by atoms with Crippen LogP contribution in [0.25, 0.3) is 0 Å². The van der Waals surface area contributed by atoms with Gasteiger partial charge in [0.2, 0.25) is 10.0 Å². The van der Waals surface area contributed by atoms with Crippen LogP contribution in [0.1, 0.15) is 85.5 Å². The van der Waals surface area contributed by atoms with Crippen molar-refractivity contribution in [2.24, 2.45) is 40.9 Å². The number of fused-ring (bicyclic) bond motifs is 6. The molecule has 0 N–H and O–H groups in total. The molecule has 2 saturated carbocycles. The molecule has 0 aromatic heterocycles. The first-order chi connectivity index (χ1) is 18.1. The van der Waals surface area contributed by atoms with Gasteiger partial charge >= 0.3 is 0 Å². The molecule has 3 saturated heterocycles. The molecule has 0 aromatic rings. The summed E-state index contributed by atoms with van der Waals surface area (Å²) >= 11 is 0. The van der Waals surface area contributed by atoms with E-state index in [0.29, 0.717) is 48.6 Å². The van der Waals surface area contributed by atoms with Gasteiger partial charge in [0.05, 0.1) is 24.0 Å². The van der Waals surface area contributed by atoms with Gasteiger partial charge in [-0.05, 0) is 106 Å². The molecule has 6 rings (SSSR count). The molecule has 3 heterocycles. The predicted molar refractivity (Wildman–Crippen MR) is 160 cm³/mol. The summed E-state index contributed by atoms with van der Waals surface area (Å²) in [4.78, 5) is 0. The summed E-state index contributed by atoms with van der Waals surface area (Å²) < 4.78 is 49.1. The van der Waals surface area contributed by atoms with E-state index in [4.69, 9.17) is 4.74 Å². The van der Waals surface area contributed by atoms with Crippen LogP contribution in [-0.2, 0) is 24.5 Å². The van der Waals surface area contributed by atoms with Gasteiger partial charge in [0.25, 0.3) is 0 Å². The van der Waals surface area contributed by atoms with Crippen molar-refractivity contribution in [3.05, 3.63) is 11.1 Å². The van der Waals surface area contributed by atoms with Crippen LogP contribution in [0.3, 0.4) is 0 Å². The molecular weight excluding hydrogens is 528 g/mol. The van der Waals surface area contributed by atoms with Crippen molar-refractivity contribution in [1.29, 1.82) is 0 Å². The molecule has 8 heteroatoms. The zero-order valence-electron chi connectivity index (χ0n) is 25.2. The number of piperidine rings is 1. The van der Waals surface area contributed by atoms with Gasteiger partial charge < -0.3 is 4.74 Å². The number of hydrogen-bond donors (Lipinski definition) is 0. The average molecular weight is 581 g/mol. The molecular formula is C31H52N2O4S2. The van der Waals surface area contributed by atoms with E-state index in [9.17, 15) is 12.6 Å². The van der Waals surface area contributed by atoms with Crippen molar-refractivity contribution in [2.45, 2.75) is 103 Å². The highest BCUT2D eigenvalue weighted by Crippen LogP contribution is 2.64. The van der Waals surface area contributed by atoms with Crippen molar-refractivity contribution in [1.82, 2.24) is 8.61 Å². The van der Waals surface area contributed by atoms with E-state index < -0.39 is 19.7 Å². The summed E-state index contributed by atoms with van der Waals surface area (Å²) in [5.41, 5.74) is 3.31. The molecule has 6 aliphatic rings. The van der Waals surface area contributed by atoms with Crippen LogP contribution in [0, 0.1) is 40.9 Å². The fraction of sp³-hybridized carbons (Fsp3) is 0.903. The molecule has 0 aromatic carbocycles. The van der Waals surface area contributed by atoms with Crippen molar-refractivity contribution in [3.63, 3.8) is 0 Å². The zero-order valence-corrected chi connectivity index (χ0v) is 26.8. The molecule has 6 nitrogen and oxygen atoms in total. The number of rotatable bonds is 2. The van der Waals surface area contributed by atoms with Gasteiger partial charge in [-0.2, -0.15) is 0 Å². The highest BCUT2D eigenvalue weighted by atomic mass is 32.2. The molecule has 3 aliphatic heterocycles. The second kappa shape index (κ2) is 9.55. The maximum absolute atomic E-state index is 13.3. The number of allylic oxidation sites excluding steroid dienone is 1. The van der Waals surface area contributed by atoms with E-state index in [1.165, 1.54) is 31.9 Å². The summed E-state index contributed by atoms with van der Waals surface area (Å²) in [6, 6.07) is 0.192. The van der Waals surface area contributed by atoms with E-state index in [0.717, 1.165) is 38.6 Å². The second-order valence-electron chi connectivity index (χ2n) is 15.0. The highest BCUT2D eigenvalue weighted by Gasteiger charge is 2.60. The quantitative estimate of drug-likeness (QED) is 0.342. The minimum absolute atomic E-state index is 0.146. The molecule has 1 spiro atoms. The third-order valence-electron chi connectivity index (χ3n) is 12.7. The Balaban J connectivity index is 1.27. The van der Waals surface area contributed by atoms with Crippen LogP contribution in [-0.4, -0.2) is 77.0 Å². The Bertz CT molecular complexity index is 1240. The van der Waals surface area contributed by atoms with Gasteiger partial charge in [0, 0.05) is 41.5 Å². The lowest BCUT2D eigenvalue weighted by molar-refractivity contribution is -0.0760. The predicted octanol–water partition coefficient (Wildman–Crippen LogP) is 4.96. The van der Waals surface area contributed by atoms with Crippen LogP contribution in [0.15, 0.2) is 11.1 Å². The summed E-state index contributed by atoms with van der Waals surface area (Å²) in [5.74, 6) is 7.54. The maximum Gasteiger partial charge on any atom is 0.211 e. The van der Waals surface area contributed by atoms with Gasteiger partial charge in [-0.15, -0.1) is 0 Å². The number of nitrogens with zero attached hydrogens (tertiary/aromatic N) is 2. The number of sulfonamides is 1. The van der Waals surface area contributed by atoms with Gasteiger partial charge in [-0.25, -0.2) is 17.0 Å². The molecule has 1 unspecified atom stereocenters. The van der Waals surface area contributed by atoms with Crippen LogP contribution in [0.2, 0.25) is 0 Å². The molecule has 0 amide bonds. The fourth-order valence-electron chi connectivity index (χ4n) is 10.7. The van der Waals surface area contributed by atoms with Gasteiger partial charge in [-0.3, -0.25) is 4.21 Å². The lowest BCUT2D eigenvalue weighted by Crippen LogP contribution is -2.53. The standard InChI is InChI=1S/C31H52N2O4S2/c1-20-16-28-29(33(19-20)38(5,6)34)22(3)31(37-28)12-10-24-25-9-8-23-11-14-32(39(7,35)36)15-13-30(23,4)27(25)17-26(24)21(2)18-31/h20,22-25,27-29H,5,8-19H2,1-4,6-7H3/t20-,22+,23+,24-,25-,27-,28+,29-,30-,31-,38?/m0/s1. The van der Waals surface area contributed by atoms with Crippen LogP contribution >= 0.6 is 0 Å². The number of ether oxygens (including phenoxy) is 1. The first kappa shape index (κ1) is 28.7. The van der Waals surface area contributed by atoms with Crippen molar-refractivity contribution in [2.75, 3.05) is 32.1 Å². The monoisotopic (exact) mass is 580 g/mol. The lowest BCUT2D eigenvalue weighted by atomic mass is 9.55. The summed E-state index contributed by atoms with van der Waals surface area (Å²) in [6.07, 6.45) is 13.4. The van der Waals surface area contributed by atoms with Gasteiger partial charge in [0.15, 0.2) is 0 Å².